The van der Waals surface area contributed by atoms with E-state index in [2.05, 4.69) is 0 Å². The fourth-order valence-electron chi connectivity index (χ4n) is 1.22. The largest absolute Gasteiger partial charge is 0.207 e. The molecule has 0 N–H and O–H groups in total. The molecule has 0 fully saturated rings. The summed E-state index contributed by atoms with van der Waals surface area (Å²) in [6.07, 6.45) is 1.77. The van der Waals surface area contributed by atoms with Gasteiger partial charge in [-0.1, -0.05) is 6.07 Å². The van der Waals surface area contributed by atoms with Crippen LogP contribution in [0.25, 0.3) is 0 Å². The quantitative estimate of drug-likeness (QED) is 0.679. The second kappa shape index (κ2) is 5.46. The van der Waals surface area contributed by atoms with Crippen LogP contribution in [-0.2, 0) is 12.3 Å². The Balaban J connectivity index is 2.79. The van der Waals surface area contributed by atoms with E-state index in [1.807, 2.05) is 0 Å². The van der Waals surface area contributed by atoms with E-state index in [-0.39, 0.29) is 5.82 Å². The van der Waals surface area contributed by atoms with Crippen molar-refractivity contribution in [3.05, 3.63) is 35.1 Å². The first-order chi connectivity index (χ1) is 6.27. The zero-order chi connectivity index (χ0) is 9.68. The molecule has 0 aliphatic carbocycles. The van der Waals surface area contributed by atoms with Crippen LogP contribution in [0.5, 0.6) is 0 Å². The summed E-state index contributed by atoms with van der Waals surface area (Å²) >= 11 is 11.3. The van der Waals surface area contributed by atoms with Crippen molar-refractivity contribution in [3.8, 4) is 0 Å². The van der Waals surface area contributed by atoms with Crippen LogP contribution in [0, 0.1) is 5.82 Å². The lowest BCUT2D eigenvalue weighted by Gasteiger charge is -2.05. The molecule has 72 valence electrons. The number of benzene rings is 1. The molecule has 0 unspecified atom stereocenters. The van der Waals surface area contributed by atoms with Gasteiger partial charge in [-0.15, -0.1) is 23.2 Å². The third-order valence-electron chi connectivity index (χ3n) is 1.89. The lowest BCUT2D eigenvalue weighted by Crippen LogP contribution is -1.93. The van der Waals surface area contributed by atoms with Gasteiger partial charge >= 0.3 is 0 Å². The average molecular weight is 221 g/mol. The van der Waals surface area contributed by atoms with Gasteiger partial charge in [0.05, 0.1) is 0 Å². The normalized spacial score (nSPS) is 10.4. The Hall–Kier alpha value is -0.270. The van der Waals surface area contributed by atoms with Crippen molar-refractivity contribution in [2.45, 2.75) is 18.7 Å². The number of hydrogen-bond donors (Lipinski definition) is 0. The number of alkyl halides is 2. The smallest absolute Gasteiger partial charge is 0.123 e. The van der Waals surface area contributed by atoms with Gasteiger partial charge in [-0.25, -0.2) is 4.39 Å². The van der Waals surface area contributed by atoms with Crippen molar-refractivity contribution >= 4 is 23.2 Å². The van der Waals surface area contributed by atoms with Crippen molar-refractivity contribution in [2.75, 3.05) is 5.88 Å². The van der Waals surface area contributed by atoms with E-state index in [1.165, 1.54) is 12.1 Å². The van der Waals surface area contributed by atoms with Crippen molar-refractivity contribution < 1.29 is 4.39 Å². The maximum atomic E-state index is 12.8. The number of aryl methyl sites for hydroxylation is 1. The van der Waals surface area contributed by atoms with Gasteiger partial charge in [-0.2, -0.15) is 0 Å². The third kappa shape index (κ3) is 3.17. The van der Waals surface area contributed by atoms with Crippen molar-refractivity contribution in [2.24, 2.45) is 0 Å². The van der Waals surface area contributed by atoms with Crippen LogP contribution in [0.2, 0.25) is 0 Å². The first-order valence-corrected chi connectivity index (χ1v) is 5.24. The average Bonchev–Trinajstić information content (AvgIpc) is 2.16. The predicted molar refractivity (Wildman–Crippen MR) is 55.0 cm³/mol. The van der Waals surface area contributed by atoms with Crippen molar-refractivity contribution in [3.63, 3.8) is 0 Å². The second-order valence-corrected chi connectivity index (χ2v) is 3.48. The Morgan fingerprint density at radius 3 is 2.54 bits per heavy atom. The summed E-state index contributed by atoms with van der Waals surface area (Å²) in [5.74, 6) is 0.749. The highest BCUT2D eigenvalue weighted by Gasteiger charge is 2.02. The first kappa shape index (κ1) is 10.8. The molecule has 0 spiro atoms. The number of halogens is 3. The van der Waals surface area contributed by atoms with Gasteiger partial charge < -0.3 is 0 Å². The second-order valence-electron chi connectivity index (χ2n) is 2.84. The number of hydrogen-bond acceptors (Lipinski definition) is 0. The Morgan fingerprint density at radius 2 is 1.92 bits per heavy atom. The minimum Gasteiger partial charge on any atom is -0.207 e. The molecule has 0 saturated heterocycles. The number of rotatable bonds is 4. The first-order valence-electron chi connectivity index (χ1n) is 4.17. The molecule has 3 heteroatoms. The molecule has 0 aliphatic heterocycles. The minimum atomic E-state index is -0.231. The van der Waals surface area contributed by atoms with Gasteiger partial charge in [0.25, 0.3) is 0 Å². The molecule has 0 atom stereocenters. The van der Waals surface area contributed by atoms with Gasteiger partial charge in [0.15, 0.2) is 0 Å². The SMILES string of the molecule is Fc1ccc(CCCCl)c(CCl)c1. The van der Waals surface area contributed by atoms with Crippen LogP contribution in [0.1, 0.15) is 17.5 Å². The van der Waals surface area contributed by atoms with E-state index >= 15 is 0 Å². The molecule has 1 aromatic rings. The van der Waals surface area contributed by atoms with Gasteiger partial charge in [0, 0.05) is 11.8 Å². The van der Waals surface area contributed by atoms with Gasteiger partial charge in [-0.05, 0) is 36.1 Å². The van der Waals surface area contributed by atoms with Crippen LogP contribution < -0.4 is 0 Å². The van der Waals surface area contributed by atoms with Crippen LogP contribution in [0.3, 0.4) is 0 Å². The van der Waals surface area contributed by atoms with E-state index in [9.17, 15) is 4.39 Å². The van der Waals surface area contributed by atoms with Gasteiger partial charge in [0.1, 0.15) is 5.82 Å². The molecule has 0 radical (unpaired) electrons. The summed E-state index contributed by atoms with van der Waals surface area (Å²) in [5.41, 5.74) is 1.96. The van der Waals surface area contributed by atoms with Crippen LogP contribution >= 0.6 is 23.2 Å². The van der Waals surface area contributed by atoms with Crippen molar-refractivity contribution in [1.29, 1.82) is 0 Å². The molecule has 0 aliphatic rings. The van der Waals surface area contributed by atoms with Gasteiger partial charge in [-0.3, -0.25) is 0 Å². The van der Waals surface area contributed by atoms with Crippen molar-refractivity contribution in [1.82, 2.24) is 0 Å². The Bertz CT molecular complexity index is 274. The summed E-state index contributed by atoms with van der Waals surface area (Å²) in [4.78, 5) is 0. The zero-order valence-electron chi connectivity index (χ0n) is 7.19. The molecule has 1 rings (SSSR count). The summed E-state index contributed by atoms with van der Waals surface area (Å²) in [6.45, 7) is 0. The minimum absolute atomic E-state index is 0.231. The van der Waals surface area contributed by atoms with Gasteiger partial charge in [0.2, 0.25) is 0 Å². The predicted octanol–water partition coefficient (Wildman–Crippen LogP) is 3.74. The van der Waals surface area contributed by atoms with Crippen LogP contribution in [0.4, 0.5) is 4.39 Å². The van der Waals surface area contributed by atoms with E-state index in [4.69, 9.17) is 23.2 Å². The third-order valence-corrected chi connectivity index (χ3v) is 2.45. The lowest BCUT2D eigenvalue weighted by molar-refractivity contribution is 0.625. The maximum Gasteiger partial charge on any atom is 0.123 e. The molecular formula is C10H11Cl2F. The van der Waals surface area contributed by atoms with E-state index < -0.39 is 0 Å². The maximum absolute atomic E-state index is 12.8. The lowest BCUT2D eigenvalue weighted by atomic mass is 10.0. The molecule has 0 heterocycles. The fourth-order valence-corrected chi connectivity index (χ4v) is 1.60. The van der Waals surface area contributed by atoms with E-state index in [0.717, 1.165) is 24.0 Å². The molecule has 0 nitrogen and oxygen atoms in total. The summed E-state index contributed by atoms with van der Waals surface area (Å²) in [6, 6.07) is 4.72. The van der Waals surface area contributed by atoms with Crippen LogP contribution in [-0.4, -0.2) is 5.88 Å². The highest BCUT2D eigenvalue weighted by atomic mass is 35.5. The molecular weight excluding hydrogens is 210 g/mol. The highest BCUT2D eigenvalue weighted by molar-refractivity contribution is 6.18. The topological polar surface area (TPSA) is 0 Å². The Kier molecular flexibility index (Phi) is 4.54. The molecule has 13 heavy (non-hydrogen) atoms. The fraction of sp³-hybridized carbons (Fsp3) is 0.400. The summed E-state index contributed by atoms with van der Waals surface area (Å²) in [7, 11) is 0. The molecule has 0 aromatic heterocycles. The van der Waals surface area contributed by atoms with E-state index in [0.29, 0.717) is 11.8 Å². The monoisotopic (exact) mass is 220 g/mol. The Labute approximate surface area is 87.7 Å². The summed E-state index contributed by atoms with van der Waals surface area (Å²) < 4.78 is 12.8. The molecule has 0 bridgehead atoms. The zero-order valence-corrected chi connectivity index (χ0v) is 8.71. The molecule has 0 amide bonds. The highest BCUT2D eigenvalue weighted by Crippen LogP contribution is 2.15. The van der Waals surface area contributed by atoms with Crippen LogP contribution in [0.15, 0.2) is 18.2 Å². The van der Waals surface area contributed by atoms with E-state index in [1.54, 1.807) is 6.07 Å². The summed E-state index contributed by atoms with van der Waals surface area (Å²) in [5, 5.41) is 0. The standard InChI is InChI=1S/C10H11Cl2F/c11-5-1-2-8-3-4-10(13)6-9(8)7-12/h3-4,6H,1-2,5,7H2. The molecule has 1 aromatic carbocycles. The Morgan fingerprint density at radius 1 is 1.15 bits per heavy atom. The molecule has 0 saturated carbocycles.